The first kappa shape index (κ1) is 26.4. The van der Waals surface area contributed by atoms with Crippen LogP contribution in [0.1, 0.15) is 11.1 Å². The van der Waals surface area contributed by atoms with Crippen molar-refractivity contribution < 1.29 is 0 Å². The van der Waals surface area contributed by atoms with E-state index in [1.165, 1.54) is 0 Å². The van der Waals surface area contributed by atoms with Gasteiger partial charge in [-0.25, -0.2) is 4.98 Å². The normalized spacial score (nSPS) is 11.0. The molecule has 43 heavy (non-hydrogen) atoms. The van der Waals surface area contributed by atoms with E-state index < -0.39 is 0 Å². The highest BCUT2D eigenvalue weighted by atomic mass is 32.1. The molecule has 0 spiro atoms. The fourth-order valence-corrected chi connectivity index (χ4v) is 6.41. The molecule has 3 nitrogen and oxygen atoms in total. The minimum atomic E-state index is 0.990. The smallest absolute Gasteiger partial charge is 0.124 e. The Hall–Kier alpha value is -5.45. The summed E-state index contributed by atoms with van der Waals surface area (Å²) in [4.78, 5) is 13.8. The van der Waals surface area contributed by atoms with Crippen LogP contribution < -0.4 is 0 Å². The second kappa shape index (κ2) is 11.4. The molecule has 4 heteroatoms. The van der Waals surface area contributed by atoms with Crippen molar-refractivity contribution in [1.82, 2.24) is 15.0 Å². The van der Waals surface area contributed by atoms with Gasteiger partial charge in [0.25, 0.3) is 0 Å². The number of hydrogen-bond acceptors (Lipinski definition) is 4. The largest absolute Gasteiger partial charge is 0.264 e. The van der Waals surface area contributed by atoms with Crippen molar-refractivity contribution in [2.24, 2.45) is 0 Å². The first-order valence-corrected chi connectivity index (χ1v) is 14.9. The van der Waals surface area contributed by atoms with Crippen molar-refractivity contribution in [3.05, 3.63) is 152 Å². The number of thiazole rings is 1. The molecule has 0 fully saturated rings. The maximum Gasteiger partial charge on any atom is 0.124 e. The topological polar surface area (TPSA) is 38.7 Å². The van der Waals surface area contributed by atoms with Crippen molar-refractivity contribution >= 4 is 33.7 Å². The van der Waals surface area contributed by atoms with Crippen molar-refractivity contribution in [2.45, 2.75) is 0 Å². The first-order chi connectivity index (χ1) is 21.2. The lowest BCUT2D eigenvalue weighted by atomic mass is 9.94. The Morgan fingerprint density at radius 2 is 1.16 bits per heavy atom. The fraction of sp³-hybridized carbons (Fsp3) is 0. The van der Waals surface area contributed by atoms with Gasteiger partial charge in [-0.1, -0.05) is 86.0 Å². The highest BCUT2D eigenvalue weighted by molar-refractivity contribution is 7.21. The van der Waals surface area contributed by atoms with E-state index in [-0.39, 0.29) is 0 Å². The molecule has 0 atom stereocenters. The van der Waals surface area contributed by atoms with Gasteiger partial charge in [-0.3, -0.25) is 9.97 Å². The van der Waals surface area contributed by atoms with E-state index in [4.69, 9.17) is 4.98 Å². The summed E-state index contributed by atoms with van der Waals surface area (Å²) in [5, 5.41) is 1.00. The van der Waals surface area contributed by atoms with Crippen molar-refractivity contribution in [3.63, 3.8) is 0 Å². The van der Waals surface area contributed by atoms with Crippen molar-refractivity contribution in [1.29, 1.82) is 0 Å². The predicted molar refractivity (Wildman–Crippen MR) is 183 cm³/mol. The Balaban J connectivity index is 1.26. The van der Waals surface area contributed by atoms with Crippen LogP contribution in [0.15, 0.2) is 141 Å². The molecule has 0 saturated heterocycles. The standard InChI is InChI=1S/C39H27N3S/c1-3-26-8-5-11-36(35(26)4-2)27-12-14-28(15-13-27)39-42-37-23-29(16-17-38(37)43-39)32-20-33(30-9-6-18-40-24-30)22-34(21-32)31-10-7-19-41-25-31/h3-25H,1-2H2. The van der Waals surface area contributed by atoms with Gasteiger partial charge < -0.3 is 0 Å². The number of hydrogen-bond donors (Lipinski definition) is 0. The van der Waals surface area contributed by atoms with E-state index >= 15 is 0 Å². The molecule has 0 bridgehead atoms. The first-order valence-electron chi connectivity index (χ1n) is 14.1. The summed E-state index contributed by atoms with van der Waals surface area (Å²) in [6.45, 7) is 7.97. The second-order valence-corrected chi connectivity index (χ2v) is 11.3. The van der Waals surface area contributed by atoms with Crippen LogP contribution in [0.3, 0.4) is 0 Å². The predicted octanol–water partition coefficient (Wildman–Crippen LogP) is 10.7. The zero-order chi connectivity index (χ0) is 29.2. The number of nitrogens with zero attached hydrogens (tertiary/aromatic N) is 3. The van der Waals surface area contributed by atoms with Crippen LogP contribution in [0.2, 0.25) is 0 Å². The zero-order valence-corrected chi connectivity index (χ0v) is 24.3. The molecule has 0 aliphatic carbocycles. The molecular weight excluding hydrogens is 543 g/mol. The Morgan fingerprint density at radius 1 is 0.535 bits per heavy atom. The Kier molecular flexibility index (Phi) is 7.04. The van der Waals surface area contributed by atoms with E-state index in [0.29, 0.717) is 0 Å². The summed E-state index contributed by atoms with van der Waals surface area (Å²) in [6, 6.07) is 36.2. The van der Waals surface area contributed by atoms with Gasteiger partial charge in [0.1, 0.15) is 5.01 Å². The van der Waals surface area contributed by atoms with Gasteiger partial charge in [0.05, 0.1) is 10.2 Å². The lowest BCUT2D eigenvalue weighted by Crippen LogP contribution is -1.87. The molecule has 0 unspecified atom stereocenters. The summed E-state index contributed by atoms with van der Waals surface area (Å²) in [5.41, 5.74) is 13.2. The molecule has 0 saturated carbocycles. The molecule has 0 radical (unpaired) electrons. The molecule has 0 aliphatic heterocycles. The van der Waals surface area contributed by atoms with Crippen LogP contribution in [-0.2, 0) is 0 Å². The van der Waals surface area contributed by atoms with Crippen LogP contribution in [0, 0.1) is 0 Å². The highest BCUT2D eigenvalue weighted by Gasteiger charge is 2.12. The van der Waals surface area contributed by atoms with Gasteiger partial charge in [0.2, 0.25) is 0 Å². The molecule has 7 aromatic rings. The van der Waals surface area contributed by atoms with Crippen molar-refractivity contribution in [2.75, 3.05) is 0 Å². The minimum Gasteiger partial charge on any atom is -0.264 e. The number of pyridine rings is 2. The third-order valence-corrected chi connectivity index (χ3v) is 8.74. The van der Waals surface area contributed by atoms with Crippen LogP contribution >= 0.6 is 11.3 Å². The zero-order valence-electron chi connectivity index (χ0n) is 23.4. The lowest BCUT2D eigenvalue weighted by Gasteiger charge is -2.11. The second-order valence-electron chi connectivity index (χ2n) is 10.3. The SMILES string of the molecule is C=Cc1cccc(-c2ccc(-c3nc4cc(-c5cc(-c6cccnc6)cc(-c6cccnc6)c5)ccc4s3)cc2)c1C=C. The van der Waals surface area contributed by atoms with Crippen LogP contribution in [0.5, 0.6) is 0 Å². The van der Waals surface area contributed by atoms with Gasteiger partial charge >= 0.3 is 0 Å². The van der Waals surface area contributed by atoms with E-state index in [2.05, 4.69) is 114 Å². The minimum absolute atomic E-state index is 0.990. The monoisotopic (exact) mass is 569 g/mol. The van der Waals surface area contributed by atoms with Gasteiger partial charge in [-0.05, 0) is 87.0 Å². The summed E-state index contributed by atoms with van der Waals surface area (Å²) in [5.74, 6) is 0. The van der Waals surface area contributed by atoms with E-state index in [1.807, 2.05) is 36.7 Å². The Morgan fingerprint density at radius 3 is 1.77 bits per heavy atom. The lowest BCUT2D eigenvalue weighted by molar-refractivity contribution is 1.32. The number of rotatable bonds is 7. The molecular formula is C39H27N3S. The number of benzene rings is 4. The third kappa shape index (κ3) is 5.21. The van der Waals surface area contributed by atoms with Crippen LogP contribution in [-0.4, -0.2) is 15.0 Å². The van der Waals surface area contributed by atoms with Gasteiger partial charge in [-0.2, -0.15) is 0 Å². The van der Waals surface area contributed by atoms with Crippen LogP contribution in [0.4, 0.5) is 0 Å². The Labute approximate surface area is 255 Å². The Bertz CT molecular complexity index is 2040. The molecule has 4 aromatic carbocycles. The summed E-state index contributed by atoms with van der Waals surface area (Å²) >= 11 is 1.71. The average Bonchev–Trinajstić information content (AvgIpc) is 3.52. The maximum absolute atomic E-state index is 5.06. The summed E-state index contributed by atoms with van der Waals surface area (Å²) < 4.78 is 1.16. The molecule has 204 valence electrons. The summed E-state index contributed by atoms with van der Waals surface area (Å²) in [6.07, 6.45) is 11.2. The molecule has 0 amide bonds. The quantitative estimate of drug-likeness (QED) is 0.192. The van der Waals surface area contributed by atoms with E-state index in [0.717, 1.165) is 76.4 Å². The van der Waals surface area contributed by atoms with Gasteiger partial charge in [-0.15, -0.1) is 11.3 Å². The molecule has 0 aliphatic rings. The average molecular weight is 570 g/mol. The van der Waals surface area contributed by atoms with E-state index in [9.17, 15) is 0 Å². The van der Waals surface area contributed by atoms with Crippen molar-refractivity contribution in [3.8, 4) is 55.1 Å². The highest BCUT2D eigenvalue weighted by Crippen LogP contribution is 2.37. The summed E-state index contributed by atoms with van der Waals surface area (Å²) in [7, 11) is 0. The molecule has 3 aromatic heterocycles. The van der Waals surface area contributed by atoms with Gasteiger partial charge in [0, 0.05) is 41.5 Å². The molecule has 3 heterocycles. The number of fused-ring (bicyclic) bond motifs is 1. The van der Waals surface area contributed by atoms with Crippen LogP contribution in [0.25, 0.3) is 77.4 Å². The molecule has 7 rings (SSSR count). The third-order valence-electron chi connectivity index (χ3n) is 7.65. The molecule has 0 N–H and O–H groups in total. The van der Waals surface area contributed by atoms with E-state index in [1.54, 1.807) is 23.7 Å². The number of aromatic nitrogens is 3. The van der Waals surface area contributed by atoms with Gasteiger partial charge in [0.15, 0.2) is 0 Å². The maximum atomic E-state index is 5.06. The fourth-order valence-electron chi connectivity index (χ4n) is 5.46.